The van der Waals surface area contributed by atoms with Gasteiger partial charge in [0.15, 0.2) is 0 Å². The van der Waals surface area contributed by atoms with Crippen LogP contribution in [0.5, 0.6) is 0 Å². The minimum Gasteiger partial charge on any atom is -0.380 e. The second kappa shape index (κ2) is 5.59. The van der Waals surface area contributed by atoms with Gasteiger partial charge in [-0.1, -0.05) is 18.2 Å². The topological polar surface area (TPSA) is 64.5 Å². The molecule has 0 atom stereocenters. The first-order valence-electron chi connectivity index (χ1n) is 6.17. The molecular formula is C15H12N4S. The van der Waals surface area contributed by atoms with Crippen molar-refractivity contribution in [1.29, 1.82) is 5.26 Å². The van der Waals surface area contributed by atoms with Gasteiger partial charge in [-0.3, -0.25) is 5.10 Å². The molecule has 2 heterocycles. The predicted molar refractivity (Wildman–Crippen MR) is 80.4 cm³/mol. The number of nitriles is 1. The quantitative estimate of drug-likeness (QED) is 0.767. The summed E-state index contributed by atoms with van der Waals surface area (Å²) in [6.45, 7) is 0.627. The Morgan fingerprint density at radius 2 is 2.15 bits per heavy atom. The molecule has 3 aromatic rings. The maximum absolute atomic E-state index is 9.07. The van der Waals surface area contributed by atoms with Crippen molar-refractivity contribution >= 4 is 17.0 Å². The highest BCUT2D eigenvalue weighted by Crippen LogP contribution is 2.26. The Morgan fingerprint density at radius 3 is 2.95 bits per heavy atom. The van der Waals surface area contributed by atoms with Crippen LogP contribution in [0.15, 0.2) is 48.0 Å². The van der Waals surface area contributed by atoms with E-state index in [9.17, 15) is 0 Å². The van der Waals surface area contributed by atoms with Gasteiger partial charge in [0.25, 0.3) is 0 Å². The Hall–Kier alpha value is -2.58. The van der Waals surface area contributed by atoms with Crippen molar-refractivity contribution in [2.45, 2.75) is 6.54 Å². The Morgan fingerprint density at radius 1 is 1.25 bits per heavy atom. The minimum absolute atomic E-state index is 0.627. The number of nitrogens with zero attached hydrogens (tertiary/aromatic N) is 2. The van der Waals surface area contributed by atoms with Gasteiger partial charge in [0, 0.05) is 12.1 Å². The first-order chi connectivity index (χ1) is 9.88. The Kier molecular flexibility index (Phi) is 3.48. The summed E-state index contributed by atoms with van der Waals surface area (Å²) >= 11 is 1.67. The van der Waals surface area contributed by atoms with Gasteiger partial charge in [0.2, 0.25) is 0 Å². The van der Waals surface area contributed by atoms with Gasteiger partial charge in [0.1, 0.15) is 6.07 Å². The van der Waals surface area contributed by atoms with Crippen LogP contribution >= 0.6 is 11.3 Å². The number of thiophene rings is 1. The molecule has 0 amide bonds. The molecule has 2 N–H and O–H groups in total. The molecule has 0 saturated heterocycles. The van der Waals surface area contributed by atoms with Gasteiger partial charge in [-0.15, -0.1) is 11.3 Å². The number of rotatable bonds is 4. The predicted octanol–water partition coefficient (Wildman–Crippen LogP) is 3.62. The third-order valence-electron chi connectivity index (χ3n) is 3.00. The molecule has 0 spiro atoms. The summed E-state index contributed by atoms with van der Waals surface area (Å²) in [5.74, 6) is 0. The first kappa shape index (κ1) is 12.5. The van der Waals surface area contributed by atoms with Crippen molar-refractivity contribution in [2.24, 2.45) is 0 Å². The highest BCUT2D eigenvalue weighted by molar-refractivity contribution is 7.13. The number of nitrogens with one attached hydrogen (secondary N) is 2. The van der Waals surface area contributed by atoms with E-state index >= 15 is 0 Å². The van der Waals surface area contributed by atoms with Gasteiger partial charge >= 0.3 is 0 Å². The van der Waals surface area contributed by atoms with E-state index in [1.165, 1.54) is 0 Å². The smallest absolute Gasteiger partial charge is 0.101 e. The van der Waals surface area contributed by atoms with Gasteiger partial charge in [-0.05, 0) is 23.6 Å². The number of para-hydroxylation sites is 1. The fourth-order valence-electron chi connectivity index (χ4n) is 2.00. The number of hydrogen-bond donors (Lipinski definition) is 2. The summed E-state index contributed by atoms with van der Waals surface area (Å²) < 4.78 is 0. The van der Waals surface area contributed by atoms with E-state index in [1.807, 2.05) is 35.8 Å². The summed E-state index contributed by atoms with van der Waals surface area (Å²) in [5, 5.41) is 21.5. The molecule has 0 aliphatic rings. The molecule has 3 rings (SSSR count). The fourth-order valence-corrected chi connectivity index (χ4v) is 2.76. The molecule has 0 fully saturated rings. The third kappa shape index (κ3) is 2.42. The Balaban J connectivity index is 1.80. The second-order valence-corrected chi connectivity index (χ2v) is 5.21. The molecule has 98 valence electrons. The van der Waals surface area contributed by atoms with Crippen molar-refractivity contribution < 1.29 is 0 Å². The zero-order valence-electron chi connectivity index (χ0n) is 10.6. The van der Waals surface area contributed by atoms with Crippen LogP contribution in [-0.4, -0.2) is 10.2 Å². The average Bonchev–Trinajstić information content (AvgIpc) is 3.15. The van der Waals surface area contributed by atoms with Crippen LogP contribution in [0, 0.1) is 11.3 Å². The SMILES string of the molecule is N#Cc1ccccc1NCc1cn[nH]c1-c1cccs1. The highest BCUT2D eigenvalue weighted by Gasteiger charge is 2.09. The summed E-state index contributed by atoms with van der Waals surface area (Å²) in [7, 11) is 0. The summed E-state index contributed by atoms with van der Waals surface area (Å²) in [6, 6.07) is 13.7. The van der Waals surface area contributed by atoms with Gasteiger partial charge in [0.05, 0.1) is 28.0 Å². The molecule has 2 aromatic heterocycles. The maximum atomic E-state index is 9.07. The van der Waals surface area contributed by atoms with Crippen molar-refractivity contribution in [2.75, 3.05) is 5.32 Å². The zero-order valence-corrected chi connectivity index (χ0v) is 11.4. The molecule has 0 unspecified atom stereocenters. The molecular weight excluding hydrogens is 268 g/mol. The fraction of sp³-hybridized carbons (Fsp3) is 0.0667. The second-order valence-electron chi connectivity index (χ2n) is 4.26. The van der Waals surface area contributed by atoms with Crippen LogP contribution in [0.25, 0.3) is 10.6 Å². The van der Waals surface area contributed by atoms with E-state index in [1.54, 1.807) is 17.4 Å². The lowest BCUT2D eigenvalue weighted by molar-refractivity contribution is 1.10. The minimum atomic E-state index is 0.627. The molecule has 0 radical (unpaired) electrons. The number of benzene rings is 1. The van der Waals surface area contributed by atoms with Crippen LogP contribution in [0.1, 0.15) is 11.1 Å². The van der Waals surface area contributed by atoms with E-state index in [0.717, 1.165) is 21.8 Å². The van der Waals surface area contributed by atoms with Crippen molar-refractivity contribution in [3.63, 3.8) is 0 Å². The number of aromatic amines is 1. The van der Waals surface area contributed by atoms with E-state index in [2.05, 4.69) is 27.6 Å². The average molecular weight is 280 g/mol. The summed E-state index contributed by atoms with van der Waals surface area (Å²) in [4.78, 5) is 1.16. The first-order valence-corrected chi connectivity index (χ1v) is 7.05. The standard InChI is InChI=1S/C15H12N4S/c16-8-11-4-1-2-5-13(11)17-9-12-10-18-19-15(12)14-6-3-7-20-14/h1-7,10,17H,9H2,(H,18,19). The largest absolute Gasteiger partial charge is 0.380 e. The highest BCUT2D eigenvalue weighted by atomic mass is 32.1. The lowest BCUT2D eigenvalue weighted by atomic mass is 10.1. The lowest BCUT2D eigenvalue weighted by Gasteiger charge is -2.07. The zero-order chi connectivity index (χ0) is 13.8. The number of aromatic nitrogens is 2. The lowest BCUT2D eigenvalue weighted by Crippen LogP contribution is -2.01. The molecule has 20 heavy (non-hydrogen) atoms. The van der Waals surface area contributed by atoms with Crippen LogP contribution in [0.4, 0.5) is 5.69 Å². The van der Waals surface area contributed by atoms with Crippen LogP contribution in [0.3, 0.4) is 0 Å². The normalized spacial score (nSPS) is 10.2. The Labute approximate surface area is 120 Å². The van der Waals surface area contributed by atoms with E-state index in [-0.39, 0.29) is 0 Å². The van der Waals surface area contributed by atoms with Gasteiger partial charge < -0.3 is 5.32 Å². The monoisotopic (exact) mass is 280 g/mol. The van der Waals surface area contributed by atoms with Crippen molar-refractivity contribution in [3.05, 3.63) is 59.1 Å². The number of H-pyrrole nitrogens is 1. The molecule has 5 heteroatoms. The summed E-state index contributed by atoms with van der Waals surface area (Å²) in [5.41, 5.74) is 3.60. The van der Waals surface area contributed by atoms with E-state index in [0.29, 0.717) is 12.1 Å². The summed E-state index contributed by atoms with van der Waals surface area (Å²) in [6.07, 6.45) is 1.82. The molecule has 4 nitrogen and oxygen atoms in total. The molecule has 1 aromatic carbocycles. The van der Waals surface area contributed by atoms with Gasteiger partial charge in [-0.25, -0.2) is 0 Å². The maximum Gasteiger partial charge on any atom is 0.101 e. The van der Waals surface area contributed by atoms with Crippen molar-refractivity contribution in [1.82, 2.24) is 10.2 Å². The van der Waals surface area contributed by atoms with Crippen LogP contribution < -0.4 is 5.32 Å². The third-order valence-corrected chi connectivity index (χ3v) is 3.89. The van der Waals surface area contributed by atoms with E-state index in [4.69, 9.17) is 5.26 Å². The molecule has 0 aliphatic heterocycles. The molecule has 0 saturated carbocycles. The molecule has 0 aliphatic carbocycles. The Bertz CT molecular complexity index is 737. The van der Waals surface area contributed by atoms with E-state index < -0.39 is 0 Å². The van der Waals surface area contributed by atoms with Crippen LogP contribution in [0.2, 0.25) is 0 Å². The number of anilines is 1. The number of hydrogen-bond acceptors (Lipinski definition) is 4. The molecule has 0 bridgehead atoms. The van der Waals surface area contributed by atoms with Gasteiger partial charge in [-0.2, -0.15) is 10.4 Å². The van der Waals surface area contributed by atoms with Crippen molar-refractivity contribution in [3.8, 4) is 16.6 Å². The van der Waals surface area contributed by atoms with Crippen LogP contribution in [-0.2, 0) is 6.54 Å².